The molecule has 2 aromatic rings. The minimum absolute atomic E-state index is 0.287. The van der Waals surface area contributed by atoms with Gasteiger partial charge in [0.15, 0.2) is 0 Å². The first kappa shape index (κ1) is 11.5. The van der Waals surface area contributed by atoms with Crippen molar-refractivity contribution >= 4 is 0 Å². The fourth-order valence-electron chi connectivity index (χ4n) is 2.19. The third kappa shape index (κ3) is 2.78. The highest BCUT2D eigenvalue weighted by molar-refractivity contribution is 5.22. The Balaban J connectivity index is 1.44. The van der Waals surface area contributed by atoms with Gasteiger partial charge in [0.25, 0.3) is 0 Å². The van der Waals surface area contributed by atoms with Gasteiger partial charge in [-0.25, -0.2) is 0 Å². The van der Waals surface area contributed by atoms with E-state index in [1.807, 2.05) is 12.1 Å². The lowest BCUT2D eigenvalue weighted by Gasteiger charge is -2.02. The molecule has 1 heterocycles. The van der Waals surface area contributed by atoms with Crippen molar-refractivity contribution in [2.75, 3.05) is 6.54 Å². The van der Waals surface area contributed by atoms with Crippen LogP contribution in [0.4, 0.5) is 0 Å². The quantitative estimate of drug-likeness (QED) is 0.811. The minimum Gasteiger partial charge on any atom is -0.363 e. The first-order valence-electron chi connectivity index (χ1n) is 6.38. The van der Waals surface area contributed by atoms with E-state index in [1.165, 1.54) is 11.1 Å². The molecule has 0 bridgehead atoms. The van der Waals surface area contributed by atoms with Crippen LogP contribution in [-0.4, -0.2) is 12.6 Å². The van der Waals surface area contributed by atoms with Crippen LogP contribution in [-0.2, 0) is 11.3 Å². The van der Waals surface area contributed by atoms with E-state index in [9.17, 15) is 0 Å². The average Bonchev–Trinajstić information content (AvgIpc) is 3.21. The maximum absolute atomic E-state index is 5.68. The Hall–Kier alpha value is -1.64. The molecule has 1 saturated heterocycles. The zero-order valence-electron chi connectivity index (χ0n) is 10.3. The molecule has 3 rings (SSSR count). The first-order chi connectivity index (χ1) is 8.93. The molecule has 18 heavy (non-hydrogen) atoms. The van der Waals surface area contributed by atoms with Crippen LogP contribution in [0.3, 0.4) is 0 Å². The van der Waals surface area contributed by atoms with Crippen molar-refractivity contribution in [2.24, 2.45) is 0 Å². The number of ether oxygens (including phenoxy) is 1. The molecule has 1 fully saturated rings. The number of epoxide rings is 1. The van der Waals surface area contributed by atoms with Gasteiger partial charge in [-0.1, -0.05) is 60.7 Å². The fraction of sp³-hybridized carbons (Fsp3) is 0.250. The zero-order valence-corrected chi connectivity index (χ0v) is 10.3. The van der Waals surface area contributed by atoms with Crippen molar-refractivity contribution in [3.8, 4) is 0 Å². The second-order valence-electron chi connectivity index (χ2n) is 4.62. The van der Waals surface area contributed by atoms with Crippen molar-refractivity contribution < 1.29 is 4.74 Å². The molecule has 0 amide bonds. The Morgan fingerprint density at radius 3 is 2.28 bits per heavy atom. The number of benzene rings is 2. The van der Waals surface area contributed by atoms with Gasteiger partial charge in [0.1, 0.15) is 12.2 Å². The lowest BCUT2D eigenvalue weighted by molar-refractivity contribution is 0.366. The summed E-state index contributed by atoms with van der Waals surface area (Å²) in [6.07, 6.45) is 0.616. The van der Waals surface area contributed by atoms with Gasteiger partial charge in [0.2, 0.25) is 0 Å². The fourth-order valence-corrected chi connectivity index (χ4v) is 2.19. The molecule has 1 N–H and O–H groups in total. The van der Waals surface area contributed by atoms with E-state index in [4.69, 9.17) is 4.74 Å². The smallest absolute Gasteiger partial charge is 0.110 e. The molecule has 1 aliphatic rings. The van der Waals surface area contributed by atoms with Gasteiger partial charge in [-0.05, 0) is 11.1 Å². The summed E-state index contributed by atoms with van der Waals surface area (Å²) in [6.45, 7) is 1.82. The van der Waals surface area contributed by atoms with Crippen molar-refractivity contribution in [1.29, 1.82) is 0 Å². The predicted molar refractivity (Wildman–Crippen MR) is 72.2 cm³/mol. The standard InChI is InChI=1S/C16H17NO/c1-3-7-13(8-4-1)11-17-12-15-16(18-15)14-9-5-2-6-10-14/h1-10,15-17H,11-12H2/t15-,16-/m0/s1. The van der Waals surface area contributed by atoms with Gasteiger partial charge < -0.3 is 10.1 Å². The van der Waals surface area contributed by atoms with Crippen LogP contribution < -0.4 is 5.32 Å². The Morgan fingerprint density at radius 1 is 0.889 bits per heavy atom. The summed E-state index contributed by atoms with van der Waals surface area (Å²) in [4.78, 5) is 0. The highest BCUT2D eigenvalue weighted by Crippen LogP contribution is 2.37. The summed E-state index contributed by atoms with van der Waals surface area (Å²) in [5.74, 6) is 0. The summed E-state index contributed by atoms with van der Waals surface area (Å²) >= 11 is 0. The average molecular weight is 239 g/mol. The van der Waals surface area contributed by atoms with Crippen LogP contribution in [0.25, 0.3) is 0 Å². The lowest BCUT2D eigenvalue weighted by atomic mass is 10.1. The Kier molecular flexibility index (Phi) is 3.40. The van der Waals surface area contributed by atoms with E-state index in [-0.39, 0.29) is 6.10 Å². The Bertz CT molecular complexity index is 483. The molecule has 2 heteroatoms. The van der Waals surface area contributed by atoms with Crippen molar-refractivity contribution in [3.05, 3.63) is 71.8 Å². The van der Waals surface area contributed by atoms with E-state index < -0.39 is 0 Å². The summed E-state index contributed by atoms with van der Waals surface area (Å²) < 4.78 is 5.68. The van der Waals surface area contributed by atoms with E-state index in [2.05, 4.69) is 53.8 Å². The van der Waals surface area contributed by atoms with Crippen LogP contribution in [0, 0.1) is 0 Å². The van der Waals surface area contributed by atoms with Crippen molar-refractivity contribution in [1.82, 2.24) is 5.32 Å². The summed E-state index contributed by atoms with van der Waals surface area (Å²) in [6, 6.07) is 20.9. The topological polar surface area (TPSA) is 24.6 Å². The van der Waals surface area contributed by atoms with Crippen molar-refractivity contribution in [2.45, 2.75) is 18.8 Å². The monoisotopic (exact) mass is 239 g/mol. The minimum atomic E-state index is 0.287. The van der Waals surface area contributed by atoms with Crippen LogP contribution in [0.5, 0.6) is 0 Å². The molecule has 1 aliphatic heterocycles. The number of rotatable bonds is 5. The van der Waals surface area contributed by atoms with E-state index in [0.29, 0.717) is 6.10 Å². The van der Waals surface area contributed by atoms with E-state index in [0.717, 1.165) is 13.1 Å². The molecule has 2 atom stereocenters. The van der Waals surface area contributed by atoms with Crippen LogP contribution in [0.1, 0.15) is 17.2 Å². The number of hydrogen-bond donors (Lipinski definition) is 1. The van der Waals surface area contributed by atoms with E-state index >= 15 is 0 Å². The predicted octanol–water partition coefficient (Wildman–Crippen LogP) is 2.92. The van der Waals surface area contributed by atoms with E-state index in [1.54, 1.807) is 0 Å². The van der Waals surface area contributed by atoms with Crippen LogP contribution >= 0.6 is 0 Å². The summed E-state index contributed by atoms with van der Waals surface area (Å²) in [5.41, 5.74) is 2.60. The highest BCUT2D eigenvalue weighted by Gasteiger charge is 2.39. The lowest BCUT2D eigenvalue weighted by Crippen LogP contribution is -2.19. The molecular weight excluding hydrogens is 222 g/mol. The number of nitrogens with one attached hydrogen (secondary N) is 1. The van der Waals surface area contributed by atoms with Crippen molar-refractivity contribution in [3.63, 3.8) is 0 Å². The van der Waals surface area contributed by atoms with Gasteiger partial charge in [0.05, 0.1) is 0 Å². The Labute approximate surface area is 108 Å². The molecule has 0 aromatic heterocycles. The largest absolute Gasteiger partial charge is 0.363 e. The third-order valence-corrected chi connectivity index (χ3v) is 3.23. The summed E-state index contributed by atoms with van der Waals surface area (Å²) in [7, 11) is 0. The van der Waals surface area contributed by atoms with Crippen LogP contribution in [0.15, 0.2) is 60.7 Å². The second-order valence-corrected chi connectivity index (χ2v) is 4.62. The molecule has 92 valence electrons. The van der Waals surface area contributed by atoms with Gasteiger partial charge in [-0.3, -0.25) is 0 Å². The van der Waals surface area contributed by atoms with Gasteiger partial charge in [-0.2, -0.15) is 0 Å². The normalized spacial score (nSPS) is 21.8. The molecular formula is C16H17NO. The SMILES string of the molecule is c1ccc(CNC[C@@H]2O[C@H]2c2ccccc2)cc1. The molecule has 0 radical (unpaired) electrons. The molecule has 2 aromatic carbocycles. The maximum atomic E-state index is 5.68. The van der Waals surface area contributed by atoms with Crippen LogP contribution in [0.2, 0.25) is 0 Å². The zero-order chi connectivity index (χ0) is 12.2. The first-order valence-corrected chi connectivity index (χ1v) is 6.38. The van der Waals surface area contributed by atoms with Gasteiger partial charge >= 0.3 is 0 Å². The molecule has 0 unspecified atom stereocenters. The molecule has 0 saturated carbocycles. The molecule has 0 aliphatic carbocycles. The van der Waals surface area contributed by atoms with Gasteiger partial charge in [0, 0.05) is 13.1 Å². The number of hydrogen-bond acceptors (Lipinski definition) is 2. The second kappa shape index (κ2) is 5.34. The maximum Gasteiger partial charge on any atom is 0.110 e. The molecule has 0 spiro atoms. The third-order valence-electron chi connectivity index (χ3n) is 3.23. The summed E-state index contributed by atoms with van der Waals surface area (Å²) in [5, 5.41) is 3.44. The van der Waals surface area contributed by atoms with Gasteiger partial charge in [-0.15, -0.1) is 0 Å². The highest BCUT2D eigenvalue weighted by atomic mass is 16.6. The Morgan fingerprint density at radius 2 is 1.56 bits per heavy atom. The molecule has 2 nitrogen and oxygen atoms in total.